The molecule has 1 atom stereocenters. The summed E-state index contributed by atoms with van der Waals surface area (Å²) in [5.74, 6) is -0.200. The molecule has 2 aromatic rings. The lowest BCUT2D eigenvalue weighted by Gasteiger charge is -2.12. The topological polar surface area (TPSA) is 81.1 Å². The number of hydrogen-bond donors (Lipinski definition) is 3. The zero-order valence-electron chi connectivity index (χ0n) is 10.5. The molecule has 0 fully saturated rings. The predicted octanol–water partition coefficient (Wildman–Crippen LogP) is 1.78. The summed E-state index contributed by atoms with van der Waals surface area (Å²) < 4.78 is 0. The van der Waals surface area contributed by atoms with Crippen LogP contribution in [0.15, 0.2) is 54.6 Å². The SMILES string of the molecule is Nc1ccc(NC(=O)C(N)Cc2ccccc2)cc1. The first kappa shape index (κ1) is 13.1. The van der Waals surface area contributed by atoms with E-state index in [1.54, 1.807) is 24.3 Å². The second-order valence-electron chi connectivity index (χ2n) is 4.41. The zero-order valence-corrected chi connectivity index (χ0v) is 10.5. The molecular formula is C15H17N3O. The van der Waals surface area contributed by atoms with Crippen molar-refractivity contribution < 1.29 is 4.79 Å². The van der Waals surface area contributed by atoms with E-state index in [9.17, 15) is 4.79 Å². The summed E-state index contributed by atoms with van der Waals surface area (Å²) in [6.45, 7) is 0. The number of carbonyl (C=O) groups excluding carboxylic acids is 1. The quantitative estimate of drug-likeness (QED) is 0.728. The van der Waals surface area contributed by atoms with Crippen molar-refractivity contribution in [1.29, 1.82) is 0 Å². The first-order chi connectivity index (χ1) is 9.15. The van der Waals surface area contributed by atoms with Gasteiger partial charge in [-0.2, -0.15) is 0 Å². The van der Waals surface area contributed by atoms with Crippen LogP contribution in [0.2, 0.25) is 0 Å². The number of amides is 1. The van der Waals surface area contributed by atoms with Gasteiger partial charge in [-0.05, 0) is 36.2 Å². The third-order valence-electron chi connectivity index (χ3n) is 2.81. The van der Waals surface area contributed by atoms with Crippen LogP contribution in [0.4, 0.5) is 11.4 Å². The molecule has 0 radical (unpaired) electrons. The number of rotatable bonds is 4. The number of hydrogen-bond acceptors (Lipinski definition) is 3. The number of nitrogens with one attached hydrogen (secondary N) is 1. The van der Waals surface area contributed by atoms with Crippen LogP contribution in [0.5, 0.6) is 0 Å². The van der Waals surface area contributed by atoms with E-state index in [4.69, 9.17) is 11.5 Å². The number of anilines is 2. The second kappa shape index (κ2) is 6.02. The Bertz CT molecular complexity index is 537. The van der Waals surface area contributed by atoms with E-state index in [1.807, 2.05) is 30.3 Å². The molecule has 1 unspecified atom stereocenters. The fourth-order valence-corrected chi connectivity index (χ4v) is 1.76. The Labute approximate surface area is 112 Å². The summed E-state index contributed by atoms with van der Waals surface area (Å²) in [5, 5.41) is 2.77. The minimum atomic E-state index is -0.569. The Morgan fingerprint density at radius 3 is 2.32 bits per heavy atom. The molecule has 2 rings (SSSR count). The molecule has 0 spiro atoms. The van der Waals surface area contributed by atoms with Gasteiger partial charge < -0.3 is 16.8 Å². The van der Waals surface area contributed by atoms with Crippen molar-refractivity contribution in [3.63, 3.8) is 0 Å². The normalized spacial score (nSPS) is 11.8. The van der Waals surface area contributed by atoms with Crippen molar-refractivity contribution in [1.82, 2.24) is 0 Å². The third-order valence-corrected chi connectivity index (χ3v) is 2.81. The summed E-state index contributed by atoms with van der Waals surface area (Å²) >= 11 is 0. The molecule has 19 heavy (non-hydrogen) atoms. The maximum Gasteiger partial charge on any atom is 0.241 e. The minimum absolute atomic E-state index is 0.200. The second-order valence-corrected chi connectivity index (χ2v) is 4.41. The molecular weight excluding hydrogens is 238 g/mol. The monoisotopic (exact) mass is 255 g/mol. The summed E-state index contributed by atoms with van der Waals surface area (Å²) in [6.07, 6.45) is 0.516. The van der Waals surface area contributed by atoms with Crippen molar-refractivity contribution in [2.45, 2.75) is 12.5 Å². The van der Waals surface area contributed by atoms with E-state index < -0.39 is 6.04 Å². The van der Waals surface area contributed by atoms with Crippen LogP contribution in [0.25, 0.3) is 0 Å². The maximum absolute atomic E-state index is 11.9. The molecule has 0 aliphatic rings. The van der Waals surface area contributed by atoms with E-state index in [2.05, 4.69) is 5.32 Å². The van der Waals surface area contributed by atoms with E-state index in [1.165, 1.54) is 0 Å². The van der Waals surface area contributed by atoms with Gasteiger partial charge in [0.05, 0.1) is 6.04 Å². The molecule has 0 saturated heterocycles. The summed E-state index contributed by atoms with van der Waals surface area (Å²) in [4.78, 5) is 11.9. The molecule has 0 aliphatic heterocycles. The van der Waals surface area contributed by atoms with Crippen molar-refractivity contribution in [2.24, 2.45) is 5.73 Å². The van der Waals surface area contributed by atoms with Gasteiger partial charge in [0.25, 0.3) is 0 Å². The van der Waals surface area contributed by atoms with E-state index >= 15 is 0 Å². The Morgan fingerprint density at radius 1 is 1.05 bits per heavy atom. The maximum atomic E-state index is 11.9. The van der Waals surface area contributed by atoms with Gasteiger partial charge in [0, 0.05) is 11.4 Å². The molecule has 1 amide bonds. The Morgan fingerprint density at radius 2 is 1.68 bits per heavy atom. The standard InChI is InChI=1S/C15H17N3O/c16-12-6-8-13(9-7-12)18-15(19)14(17)10-11-4-2-1-3-5-11/h1-9,14H,10,16-17H2,(H,18,19). The van der Waals surface area contributed by atoms with Gasteiger partial charge in [0.1, 0.15) is 0 Å². The minimum Gasteiger partial charge on any atom is -0.399 e. The molecule has 98 valence electrons. The van der Waals surface area contributed by atoms with Crippen LogP contribution in [-0.2, 0) is 11.2 Å². The van der Waals surface area contributed by atoms with Crippen molar-refractivity contribution in [3.05, 3.63) is 60.2 Å². The van der Waals surface area contributed by atoms with Crippen LogP contribution in [0.3, 0.4) is 0 Å². The van der Waals surface area contributed by atoms with Gasteiger partial charge >= 0.3 is 0 Å². The molecule has 2 aromatic carbocycles. The highest BCUT2D eigenvalue weighted by Gasteiger charge is 2.13. The van der Waals surface area contributed by atoms with Crippen molar-refractivity contribution >= 4 is 17.3 Å². The van der Waals surface area contributed by atoms with Gasteiger partial charge in [-0.3, -0.25) is 4.79 Å². The highest BCUT2D eigenvalue weighted by molar-refractivity contribution is 5.94. The predicted molar refractivity (Wildman–Crippen MR) is 77.6 cm³/mol. The van der Waals surface area contributed by atoms with Crippen LogP contribution in [-0.4, -0.2) is 11.9 Å². The molecule has 0 saturated carbocycles. The number of nitrogen functional groups attached to an aromatic ring is 1. The lowest BCUT2D eigenvalue weighted by molar-refractivity contribution is -0.117. The van der Waals surface area contributed by atoms with Crippen LogP contribution >= 0.6 is 0 Å². The average molecular weight is 255 g/mol. The smallest absolute Gasteiger partial charge is 0.241 e. The fourth-order valence-electron chi connectivity index (χ4n) is 1.76. The molecule has 5 N–H and O–H groups in total. The van der Waals surface area contributed by atoms with Gasteiger partial charge in [-0.1, -0.05) is 30.3 Å². The molecule has 0 heterocycles. The number of benzene rings is 2. The first-order valence-corrected chi connectivity index (χ1v) is 6.11. The fraction of sp³-hybridized carbons (Fsp3) is 0.133. The molecule has 0 aliphatic carbocycles. The molecule has 0 aromatic heterocycles. The summed E-state index contributed by atoms with van der Waals surface area (Å²) in [6, 6.07) is 16.1. The summed E-state index contributed by atoms with van der Waals surface area (Å²) in [7, 11) is 0. The summed E-state index contributed by atoms with van der Waals surface area (Å²) in [5.41, 5.74) is 13.9. The highest BCUT2D eigenvalue weighted by atomic mass is 16.2. The van der Waals surface area contributed by atoms with Crippen molar-refractivity contribution in [3.8, 4) is 0 Å². The molecule has 0 bridgehead atoms. The Hall–Kier alpha value is -2.33. The molecule has 4 nitrogen and oxygen atoms in total. The third kappa shape index (κ3) is 3.82. The lowest BCUT2D eigenvalue weighted by atomic mass is 10.1. The lowest BCUT2D eigenvalue weighted by Crippen LogP contribution is -2.37. The molecule has 4 heteroatoms. The van der Waals surface area contributed by atoms with E-state index in [-0.39, 0.29) is 5.91 Å². The van der Waals surface area contributed by atoms with Crippen LogP contribution < -0.4 is 16.8 Å². The first-order valence-electron chi connectivity index (χ1n) is 6.11. The highest BCUT2D eigenvalue weighted by Crippen LogP contribution is 2.11. The number of carbonyl (C=O) groups is 1. The average Bonchev–Trinajstić information content (AvgIpc) is 2.42. The van der Waals surface area contributed by atoms with E-state index in [0.29, 0.717) is 17.8 Å². The number of nitrogens with two attached hydrogens (primary N) is 2. The van der Waals surface area contributed by atoms with Crippen molar-refractivity contribution in [2.75, 3.05) is 11.1 Å². The Balaban J connectivity index is 1.94. The zero-order chi connectivity index (χ0) is 13.7. The van der Waals surface area contributed by atoms with E-state index in [0.717, 1.165) is 5.56 Å². The largest absolute Gasteiger partial charge is 0.399 e. The Kier molecular flexibility index (Phi) is 4.15. The van der Waals surface area contributed by atoms with Crippen LogP contribution in [0, 0.1) is 0 Å². The van der Waals surface area contributed by atoms with Gasteiger partial charge in [-0.25, -0.2) is 0 Å². The van der Waals surface area contributed by atoms with Crippen LogP contribution in [0.1, 0.15) is 5.56 Å². The van der Waals surface area contributed by atoms with Gasteiger partial charge in [-0.15, -0.1) is 0 Å². The van der Waals surface area contributed by atoms with Gasteiger partial charge in [0.15, 0.2) is 0 Å². The van der Waals surface area contributed by atoms with Gasteiger partial charge in [0.2, 0.25) is 5.91 Å².